The van der Waals surface area contributed by atoms with E-state index in [0.29, 0.717) is 6.41 Å². The molecule has 0 aliphatic rings. The van der Waals surface area contributed by atoms with Crippen molar-refractivity contribution in [3.8, 4) is 11.3 Å². The predicted octanol–water partition coefficient (Wildman–Crippen LogP) is 2.86. The van der Waals surface area contributed by atoms with Crippen molar-refractivity contribution in [2.75, 3.05) is 5.32 Å². The van der Waals surface area contributed by atoms with Crippen molar-refractivity contribution in [1.82, 2.24) is 9.97 Å². The quantitative estimate of drug-likeness (QED) is 0.695. The molecule has 0 aliphatic carbocycles. The number of nitrogens with zero attached hydrogens (tertiary/aromatic N) is 1. The number of carbonyl (C=O) groups is 1. The van der Waals surface area contributed by atoms with Gasteiger partial charge in [0.1, 0.15) is 5.65 Å². The Morgan fingerprint density at radius 1 is 1.41 bits per heavy atom. The van der Waals surface area contributed by atoms with Gasteiger partial charge in [0.05, 0.1) is 5.69 Å². The van der Waals surface area contributed by atoms with Gasteiger partial charge in [0.2, 0.25) is 6.41 Å². The maximum absolute atomic E-state index is 10.5. The number of fused-ring (bicyclic) bond motifs is 1. The van der Waals surface area contributed by atoms with Crippen molar-refractivity contribution in [3.63, 3.8) is 0 Å². The van der Waals surface area contributed by atoms with Crippen LogP contribution in [-0.4, -0.2) is 16.4 Å². The van der Waals surface area contributed by atoms with Crippen LogP contribution in [0.2, 0.25) is 0 Å². The Bertz CT molecular complexity index is 658. The number of amides is 1. The van der Waals surface area contributed by atoms with Gasteiger partial charge >= 0.3 is 0 Å². The molecule has 0 aromatic carbocycles. The van der Waals surface area contributed by atoms with Gasteiger partial charge in [0.15, 0.2) is 0 Å². The second kappa shape index (κ2) is 4.03. The molecule has 3 rings (SSSR count). The molecule has 5 heteroatoms. The molecule has 0 saturated carbocycles. The fraction of sp³-hybridized carbons (Fsp3) is 0. The van der Waals surface area contributed by atoms with Crippen LogP contribution in [0.5, 0.6) is 0 Å². The lowest BCUT2D eigenvalue weighted by molar-refractivity contribution is -0.105. The van der Waals surface area contributed by atoms with Crippen LogP contribution in [0.15, 0.2) is 35.2 Å². The topological polar surface area (TPSA) is 57.8 Å². The Kier molecular flexibility index (Phi) is 2.38. The number of aromatic amines is 1. The highest BCUT2D eigenvalue weighted by molar-refractivity contribution is 7.08. The number of anilines is 1. The second-order valence-electron chi connectivity index (χ2n) is 3.58. The summed E-state index contributed by atoms with van der Waals surface area (Å²) in [6.45, 7) is 0. The molecule has 0 bridgehead atoms. The zero-order chi connectivity index (χ0) is 11.7. The summed E-state index contributed by atoms with van der Waals surface area (Å²) in [4.78, 5) is 18.0. The zero-order valence-corrected chi connectivity index (χ0v) is 9.62. The minimum Gasteiger partial charge on any atom is -0.339 e. The summed E-state index contributed by atoms with van der Waals surface area (Å²) < 4.78 is 0. The first-order chi connectivity index (χ1) is 8.38. The minimum atomic E-state index is 0.673. The number of nitrogens with one attached hydrogen (secondary N) is 2. The summed E-state index contributed by atoms with van der Waals surface area (Å²) in [6, 6.07) is 5.82. The molecule has 3 aromatic rings. The van der Waals surface area contributed by atoms with E-state index in [-0.39, 0.29) is 0 Å². The van der Waals surface area contributed by atoms with Crippen LogP contribution >= 0.6 is 11.3 Å². The molecule has 2 N–H and O–H groups in total. The predicted molar refractivity (Wildman–Crippen MR) is 69.1 cm³/mol. The second-order valence-corrected chi connectivity index (χ2v) is 4.36. The third kappa shape index (κ3) is 1.70. The first-order valence-electron chi connectivity index (χ1n) is 5.09. The van der Waals surface area contributed by atoms with Crippen molar-refractivity contribution >= 4 is 34.5 Å². The standard InChI is InChI=1S/C12H9N3OS/c16-7-14-10-1-3-13-12-9(10)5-11(15-12)8-2-4-17-6-8/h1-7H,(H2,13,14,15,16). The van der Waals surface area contributed by atoms with Crippen LogP contribution < -0.4 is 5.32 Å². The molecule has 0 unspecified atom stereocenters. The van der Waals surface area contributed by atoms with E-state index < -0.39 is 0 Å². The Morgan fingerprint density at radius 2 is 2.35 bits per heavy atom. The molecule has 4 nitrogen and oxygen atoms in total. The SMILES string of the molecule is O=CNc1ccnc2[nH]c(-c3ccsc3)cc12. The van der Waals surface area contributed by atoms with Crippen molar-refractivity contribution in [3.05, 3.63) is 35.2 Å². The van der Waals surface area contributed by atoms with E-state index in [1.54, 1.807) is 23.6 Å². The summed E-state index contributed by atoms with van der Waals surface area (Å²) in [7, 11) is 0. The van der Waals surface area contributed by atoms with Crippen LogP contribution in [0.3, 0.4) is 0 Å². The summed E-state index contributed by atoms with van der Waals surface area (Å²) in [5, 5.41) is 7.68. The van der Waals surface area contributed by atoms with E-state index in [0.717, 1.165) is 28.0 Å². The molecule has 0 spiro atoms. The van der Waals surface area contributed by atoms with Crippen molar-refractivity contribution in [2.45, 2.75) is 0 Å². The zero-order valence-electron chi connectivity index (χ0n) is 8.81. The van der Waals surface area contributed by atoms with Crippen LogP contribution in [-0.2, 0) is 4.79 Å². The molecule has 17 heavy (non-hydrogen) atoms. The largest absolute Gasteiger partial charge is 0.339 e. The van der Waals surface area contributed by atoms with Gasteiger partial charge in [-0.05, 0) is 23.6 Å². The maximum Gasteiger partial charge on any atom is 0.211 e. The van der Waals surface area contributed by atoms with Gasteiger partial charge in [-0.2, -0.15) is 11.3 Å². The first-order valence-corrected chi connectivity index (χ1v) is 6.03. The van der Waals surface area contributed by atoms with Gasteiger partial charge in [-0.25, -0.2) is 4.98 Å². The molecule has 0 radical (unpaired) electrons. The van der Waals surface area contributed by atoms with E-state index in [1.807, 2.05) is 17.5 Å². The number of carbonyl (C=O) groups excluding carboxylic acids is 1. The van der Waals surface area contributed by atoms with Gasteiger partial charge in [-0.15, -0.1) is 0 Å². The smallest absolute Gasteiger partial charge is 0.211 e. The summed E-state index contributed by atoms with van der Waals surface area (Å²) in [6.07, 6.45) is 2.34. The van der Waals surface area contributed by atoms with Gasteiger partial charge in [-0.1, -0.05) is 0 Å². The fourth-order valence-electron chi connectivity index (χ4n) is 1.79. The van der Waals surface area contributed by atoms with E-state index in [1.165, 1.54) is 0 Å². The van der Waals surface area contributed by atoms with Crippen molar-refractivity contribution in [2.24, 2.45) is 0 Å². The highest BCUT2D eigenvalue weighted by Gasteiger charge is 2.07. The van der Waals surface area contributed by atoms with E-state index in [4.69, 9.17) is 0 Å². The Hall–Kier alpha value is -2.14. The average Bonchev–Trinajstić information content (AvgIpc) is 2.98. The van der Waals surface area contributed by atoms with E-state index >= 15 is 0 Å². The van der Waals surface area contributed by atoms with Gasteiger partial charge < -0.3 is 10.3 Å². The molecule has 84 valence electrons. The molecule has 1 amide bonds. The summed E-state index contributed by atoms with van der Waals surface area (Å²) in [5.74, 6) is 0. The normalized spacial score (nSPS) is 10.6. The van der Waals surface area contributed by atoms with Crippen molar-refractivity contribution in [1.29, 1.82) is 0 Å². The number of thiophene rings is 1. The third-order valence-corrected chi connectivity index (χ3v) is 3.26. The third-order valence-electron chi connectivity index (χ3n) is 2.58. The molecule has 3 aromatic heterocycles. The van der Waals surface area contributed by atoms with Gasteiger partial charge in [0.25, 0.3) is 0 Å². The highest BCUT2D eigenvalue weighted by Crippen LogP contribution is 2.28. The number of pyridine rings is 1. The molecular weight excluding hydrogens is 234 g/mol. The minimum absolute atomic E-state index is 0.673. The molecule has 0 fully saturated rings. The summed E-state index contributed by atoms with van der Waals surface area (Å²) >= 11 is 1.65. The molecular formula is C12H9N3OS. The van der Waals surface area contributed by atoms with E-state index in [2.05, 4.69) is 20.7 Å². The fourth-order valence-corrected chi connectivity index (χ4v) is 2.45. The van der Waals surface area contributed by atoms with Crippen molar-refractivity contribution < 1.29 is 4.79 Å². The molecule has 0 saturated heterocycles. The Balaban J connectivity index is 2.18. The average molecular weight is 243 g/mol. The number of hydrogen-bond donors (Lipinski definition) is 2. The maximum atomic E-state index is 10.5. The van der Waals surface area contributed by atoms with Crippen LogP contribution in [0.25, 0.3) is 22.3 Å². The summed E-state index contributed by atoms with van der Waals surface area (Å²) in [5.41, 5.74) is 3.68. The molecule has 0 aliphatic heterocycles. The molecule has 3 heterocycles. The number of rotatable bonds is 3. The first kappa shape index (κ1) is 10.0. The van der Waals surface area contributed by atoms with Gasteiger partial charge in [-0.3, -0.25) is 4.79 Å². The Labute approximate surface area is 101 Å². The Morgan fingerprint density at radius 3 is 3.12 bits per heavy atom. The van der Waals surface area contributed by atoms with Crippen LogP contribution in [0.1, 0.15) is 0 Å². The monoisotopic (exact) mass is 243 g/mol. The number of hydrogen-bond acceptors (Lipinski definition) is 3. The van der Waals surface area contributed by atoms with Gasteiger partial charge in [0, 0.05) is 28.2 Å². The molecule has 0 atom stereocenters. The number of H-pyrrole nitrogens is 1. The van der Waals surface area contributed by atoms with E-state index in [9.17, 15) is 4.79 Å². The highest BCUT2D eigenvalue weighted by atomic mass is 32.1. The van der Waals surface area contributed by atoms with Crippen LogP contribution in [0.4, 0.5) is 5.69 Å². The van der Waals surface area contributed by atoms with Crippen LogP contribution in [0, 0.1) is 0 Å². The lowest BCUT2D eigenvalue weighted by Gasteiger charge is -1.97. The number of aromatic nitrogens is 2. The lowest BCUT2D eigenvalue weighted by Crippen LogP contribution is -1.94. The lowest BCUT2D eigenvalue weighted by atomic mass is 10.2.